The zero-order valence-corrected chi connectivity index (χ0v) is 17.5. The summed E-state index contributed by atoms with van der Waals surface area (Å²) in [6.45, 7) is 5.77. The van der Waals surface area contributed by atoms with Crippen molar-refractivity contribution in [1.29, 1.82) is 0 Å². The van der Waals surface area contributed by atoms with E-state index in [1.54, 1.807) is 7.11 Å². The molecule has 0 aliphatic heterocycles. The van der Waals surface area contributed by atoms with Crippen LogP contribution in [-0.2, 0) is 11.2 Å². The lowest BCUT2D eigenvalue weighted by Gasteiger charge is -2.11. The number of rotatable bonds is 6. The van der Waals surface area contributed by atoms with Crippen LogP contribution in [0.25, 0.3) is 16.9 Å². The lowest BCUT2D eigenvalue weighted by Crippen LogP contribution is -2.13. The van der Waals surface area contributed by atoms with Gasteiger partial charge in [-0.05, 0) is 57.0 Å². The predicted octanol–water partition coefficient (Wildman–Crippen LogP) is 4.49. The van der Waals surface area contributed by atoms with Crippen LogP contribution in [0.2, 0.25) is 0 Å². The fourth-order valence-electron chi connectivity index (χ4n) is 3.57. The summed E-state index contributed by atoms with van der Waals surface area (Å²) in [5, 5.41) is 6.91. The first kappa shape index (κ1) is 19.7. The van der Waals surface area contributed by atoms with Gasteiger partial charge in [0, 0.05) is 29.9 Å². The summed E-state index contributed by atoms with van der Waals surface area (Å²) in [7, 11) is 1.59. The third kappa shape index (κ3) is 3.78. The van der Waals surface area contributed by atoms with E-state index in [1.807, 2.05) is 67.9 Å². The molecule has 1 N–H and O–H groups in total. The van der Waals surface area contributed by atoms with E-state index in [4.69, 9.17) is 14.2 Å². The number of benzene rings is 1. The molecule has 1 amide bonds. The van der Waals surface area contributed by atoms with Crippen LogP contribution in [0.5, 0.6) is 5.75 Å². The Morgan fingerprint density at radius 1 is 1.23 bits per heavy atom. The number of pyridine rings is 1. The highest BCUT2D eigenvalue weighted by Crippen LogP contribution is 2.31. The van der Waals surface area contributed by atoms with Gasteiger partial charge in [0.1, 0.15) is 17.2 Å². The van der Waals surface area contributed by atoms with E-state index in [0.717, 1.165) is 39.5 Å². The van der Waals surface area contributed by atoms with Gasteiger partial charge in [-0.1, -0.05) is 11.2 Å². The van der Waals surface area contributed by atoms with Crippen molar-refractivity contribution in [2.75, 3.05) is 12.4 Å². The Hall–Kier alpha value is -3.61. The van der Waals surface area contributed by atoms with Gasteiger partial charge in [0.25, 0.3) is 0 Å². The predicted molar refractivity (Wildman–Crippen MR) is 115 cm³/mol. The van der Waals surface area contributed by atoms with Gasteiger partial charge >= 0.3 is 0 Å². The third-order valence-electron chi connectivity index (χ3n) is 5.23. The maximum atomic E-state index is 12.6. The highest BCUT2D eigenvalue weighted by atomic mass is 16.5. The molecule has 0 aliphatic carbocycles. The van der Waals surface area contributed by atoms with E-state index < -0.39 is 0 Å². The average molecular weight is 404 g/mol. The van der Waals surface area contributed by atoms with Crippen molar-refractivity contribution in [1.82, 2.24) is 14.5 Å². The van der Waals surface area contributed by atoms with Gasteiger partial charge in [0.05, 0.1) is 24.2 Å². The first-order valence-electron chi connectivity index (χ1n) is 9.80. The van der Waals surface area contributed by atoms with E-state index >= 15 is 0 Å². The fraction of sp³-hybridized carbons (Fsp3) is 0.261. The van der Waals surface area contributed by atoms with E-state index in [-0.39, 0.29) is 5.91 Å². The van der Waals surface area contributed by atoms with Crippen molar-refractivity contribution in [2.45, 2.75) is 33.6 Å². The van der Waals surface area contributed by atoms with Crippen LogP contribution in [0, 0.1) is 20.8 Å². The number of methoxy groups -OCH3 is 1. The van der Waals surface area contributed by atoms with Crippen LogP contribution in [0.3, 0.4) is 0 Å². The number of carbonyl (C=O) groups is 1. The van der Waals surface area contributed by atoms with E-state index in [0.29, 0.717) is 24.3 Å². The molecule has 0 atom stereocenters. The summed E-state index contributed by atoms with van der Waals surface area (Å²) in [6.07, 6.45) is 4.84. The number of nitrogens with zero attached hydrogens (tertiary/aromatic N) is 3. The van der Waals surface area contributed by atoms with Gasteiger partial charge in [-0.3, -0.25) is 4.79 Å². The Morgan fingerprint density at radius 3 is 2.77 bits per heavy atom. The summed E-state index contributed by atoms with van der Waals surface area (Å²) in [6, 6.07) is 9.70. The van der Waals surface area contributed by atoms with Crippen molar-refractivity contribution in [3.63, 3.8) is 0 Å². The normalized spacial score (nSPS) is 11.1. The number of amides is 1. The Morgan fingerprint density at radius 2 is 2.07 bits per heavy atom. The van der Waals surface area contributed by atoms with E-state index in [2.05, 4.69) is 10.5 Å². The summed E-state index contributed by atoms with van der Waals surface area (Å²) < 4.78 is 12.6. The van der Waals surface area contributed by atoms with Crippen molar-refractivity contribution in [2.24, 2.45) is 0 Å². The van der Waals surface area contributed by atoms with Crippen molar-refractivity contribution in [3.05, 3.63) is 65.3 Å². The van der Waals surface area contributed by atoms with Crippen LogP contribution < -0.4 is 10.1 Å². The molecular formula is C23H24N4O3. The van der Waals surface area contributed by atoms with Crippen molar-refractivity contribution in [3.8, 4) is 17.0 Å². The number of nitrogens with one attached hydrogen (secondary N) is 1. The summed E-state index contributed by atoms with van der Waals surface area (Å²) in [4.78, 5) is 17.3. The molecule has 7 heteroatoms. The zero-order chi connectivity index (χ0) is 21.3. The molecular weight excluding hydrogens is 380 g/mol. The number of hydrogen-bond donors (Lipinski definition) is 1. The third-order valence-corrected chi connectivity index (χ3v) is 5.23. The molecule has 0 aliphatic rings. The summed E-state index contributed by atoms with van der Waals surface area (Å²) >= 11 is 0. The molecule has 0 unspecified atom stereocenters. The smallest absolute Gasteiger partial charge is 0.224 e. The molecule has 0 spiro atoms. The molecule has 0 saturated carbocycles. The molecule has 0 radical (unpaired) electrons. The van der Waals surface area contributed by atoms with Gasteiger partial charge in [0.2, 0.25) is 5.91 Å². The van der Waals surface area contributed by atoms with Gasteiger partial charge in [-0.25, -0.2) is 4.98 Å². The minimum Gasteiger partial charge on any atom is -0.495 e. The highest BCUT2D eigenvalue weighted by Gasteiger charge is 2.14. The second-order valence-corrected chi connectivity index (χ2v) is 7.31. The van der Waals surface area contributed by atoms with E-state index in [1.165, 1.54) is 0 Å². The van der Waals surface area contributed by atoms with Crippen molar-refractivity contribution < 1.29 is 14.1 Å². The number of anilines is 1. The lowest BCUT2D eigenvalue weighted by atomic mass is 10.1. The van der Waals surface area contributed by atoms with Gasteiger partial charge in [-0.15, -0.1) is 0 Å². The number of aromatic nitrogens is 3. The number of fused-ring (bicyclic) bond motifs is 1. The molecule has 0 saturated heterocycles. The van der Waals surface area contributed by atoms with Crippen LogP contribution >= 0.6 is 0 Å². The monoisotopic (exact) mass is 404 g/mol. The Labute approximate surface area is 174 Å². The molecule has 0 fully saturated rings. The molecule has 0 bridgehead atoms. The molecule has 7 nitrogen and oxygen atoms in total. The molecule has 4 rings (SSSR count). The maximum Gasteiger partial charge on any atom is 0.224 e. The molecule has 4 aromatic rings. The molecule has 3 aromatic heterocycles. The number of ether oxygens (including phenoxy) is 1. The largest absolute Gasteiger partial charge is 0.495 e. The highest BCUT2D eigenvalue weighted by molar-refractivity contribution is 5.93. The minimum absolute atomic E-state index is 0.101. The van der Waals surface area contributed by atoms with Gasteiger partial charge < -0.3 is 19.0 Å². The van der Waals surface area contributed by atoms with Gasteiger partial charge in [-0.2, -0.15) is 0 Å². The molecule has 30 heavy (non-hydrogen) atoms. The second-order valence-electron chi connectivity index (χ2n) is 7.31. The Bertz CT molecular complexity index is 1200. The minimum atomic E-state index is -0.101. The van der Waals surface area contributed by atoms with Crippen molar-refractivity contribution >= 4 is 17.2 Å². The van der Waals surface area contributed by atoms with Crippen LogP contribution in [0.1, 0.15) is 29.0 Å². The number of imidazole rings is 1. The fourth-order valence-corrected chi connectivity index (χ4v) is 3.57. The number of carbonyl (C=O) groups excluding carboxylic acids is 1. The molecule has 154 valence electrons. The molecule has 3 heterocycles. The maximum absolute atomic E-state index is 12.6. The van der Waals surface area contributed by atoms with Crippen LogP contribution in [0.15, 0.2) is 47.2 Å². The Balaban J connectivity index is 1.56. The topological polar surface area (TPSA) is 81.7 Å². The second kappa shape index (κ2) is 8.02. The Kier molecular flexibility index (Phi) is 5.27. The SMILES string of the molecule is COc1ccc(-c2cn3cccc(C)c3n2)cc1NC(=O)CCc1c(C)noc1C. The average Bonchev–Trinajstić information content (AvgIpc) is 3.31. The van der Waals surface area contributed by atoms with Crippen LogP contribution in [0.4, 0.5) is 5.69 Å². The van der Waals surface area contributed by atoms with E-state index in [9.17, 15) is 4.79 Å². The first-order valence-corrected chi connectivity index (χ1v) is 9.80. The summed E-state index contributed by atoms with van der Waals surface area (Å²) in [5.74, 6) is 1.25. The zero-order valence-electron chi connectivity index (χ0n) is 17.5. The first-order chi connectivity index (χ1) is 14.5. The molecule has 1 aromatic carbocycles. The summed E-state index contributed by atoms with van der Waals surface area (Å²) in [5.41, 5.74) is 6.16. The quantitative estimate of drug-likeness (QED) is 0.512. The van der Waals surface area contributed by atoms with Gasteiger partial charge in [0.15, 0.2) is 0 Å². The standard InChI is InChI=1S/C23H24N4O3/c1-14-6-5-11-27-13-20(25-23(14)27)17-7-9-21(29-4)19(12-17)24-22(28)10-8-18-15(2)26-30-16(18)3/h5-7,9,11-13H,8,10H2,1-4H3,(H,24,28). The van der Waals surface area contributed by atoms with Crippen LogP contribution in [-0.4, -0.2) is 27.6 Å². The number of hydrogen-bond acceptors (Lipinski definition) is 5. The number of aryl methyl sites for hydroxylation is 3. The lowest BCUT2D eigenvalue weighted by molar-refractivity contribution is -0.116.